The molecule has 0 spiro atoms. The van der Waals surface area contributed by atoms with Crippen LogP contribution in [0.4, 0.5) is 5.95 Å². The summed E-state index contributed by atoms with van der Waals surface area (Å²) in [6.45, 7) is 6.32. The van der Waals surface area contributed by atoms with Crippen molar-refractivity contribution in [2.75, 3.05) is 5.73 Å². The van der Waals surface area contributed by atoms with Crippen molar-refractivity contribution in [3.8, 4) is 0 Å². The highest BCUT2D eigenvalue weighted by Crippen LogP contribution is 2.27. The maximum Gasteiger partial charge on any atom is 0.223 e. The number of aromatic nitrogens is 5. The molecule has 120 valence electrons. The van der Waals surface area contributed by atoms with Gasteiger partial charge in [-0.3, -0.25) is 4.98 Å². The van der Waals surface area contributed by atoms with Crippen LogP contribution in [0.5, 0.6) is 0 Å². The van der Waals surface area contributed by atoms with Gasteiger partial charge in [-0.1, -0.05) is 30.1 Å². The number of hydrogen-bond acceptors (Lipinski definition) is 5. The van der Waals surface area contributed by atoms with E-state index in [1.54, 1.807) is 10.9 Å². The fourth-order valence-corrected chi connectivity index (χ4v) is 2.96. The Kier molecular flexibility index (Phi) is 4.12. The lowest BCUT2D eigenvalue weighted by atomic mass is 10.1. The Morgan fingerprint density at radius 2 is 1.91 bits per heavy atom. The number of pyridine rings is 1. The molecule has 2 N–H and O–H groups in total. The minimum atomic E-state index is 0.123. The Hall–Kier alpha value is -1.92. The molecule has 3 heterocycles. The van der Waals surface area contributed by atoms with Crippen molar-refractivity contribution >= 4 is 40.2 Å². The second-order valence-electron chi connectivity index (χ2n) is 5.36. The molecule has 0 amide bonds. The minimum Gasteiger partial charge on any atom is -0.368 e. The van der Waals surface area contributed by atoms with Gasteiger partial charge in [0, 0.05) is 11.2 Å². The van der Waals surface area contributed by atoms with E-state index in [9.17, 15) is 0 Å². The normalized spacial score (nSPS) is 11.3. The summed E-state index contributed by atoms with van der Waals surface area (Å²) in [6, 6.07) is 0. The predicted molar refractivity (Wildman–Crippen MR) is 91.9 cm³/mol. The summed E-state index contributed by atoms with van der Waals surface area (Å²) >= 11 is 12.5. The van der Waals surface area contributed by atoms with Crippen LogP contribution in [0.1, 0.15) is 29.4 Å². The number of aryl methyl sites for hydroxylation is 2. The largest absolute Gasteiger partial charge is 0.368 e. The molecule has 8 heteroatoms. The Labute approximate surface area is 143 Å². The summed E-state index contributed by atoms with van der Waals surface area (Å²) < 4.78 is 1.75. The van der Waals surface area contributed by atoms with Gasteiger partial charge in [-0.05, 0) is 31.4 Å². The lowest BCUT2D eigenvalue weighted by Gasteiger charge is -2.09. The molecule has 0 fully saturated rings. The molecule has 3 aromatic rings. The lowest BCUT2D eigenvalue weighted by molar-refractivity contribution is 0.672. The second-order valence-corrected chi connectivity index (χ2v) is 6.09. The van der Waals surface area contributed by atoms with Gasteiger partial charge >= 0.3 is 0 Å². The molecule has 6 nitrogen and oxygen atoms in total. The summed E-state index contributed by atoms with van der Waals surface area (Å²) in [5.74, 6) is 0.123. The van der Waals surface area contributed by atoms with Gasteiger partial charge in [-0.2, -0.15) is 10.1 Å². The summed E-state index contributed by atoms with van der Waals surface area (Å²) in [7, 11) is 0. The van der Waals surface area contributed by atoms with E-state index in [1.807, 2.05) is 20.8 Å². The van der Waals surface area contributed by atoms with Gasteiger partial charge < -0.3 is 5.73 Å². The molecule has 0 aliphatic rings. The first-order valence-electron chi connectivity index (χ1n) is 7.21. The van der Waals surface area contributed by atoms with Crippen LogP contribution < -0.4 is 5.73 Å². The predicted octanol–water partition coefficient (Wildman–Crippen LogP) is 3.34. The molecule has 3 rings (SSSR count). The minimum absolute atomic E-state index is 0.123. The van der Waals surface area contributed by atoms with Crippen LogP contribution in [0.25, 0.3) is 11.0 Å². The lowest BCUT2D eigenvalue weighted by Crippen LogP contribution is -2.08. The second kappa shape index (κ2) is 5.94. The highest BCUT2D eigenvalue weighted by molar-refractivity contribution is 6.34. The molecule has 0 saturated carbocycles. The number of anilines is 1. The van der Waals surface area contributed by atoms with E-state index in [-0.39, 0.29) is 5.95 Å². The van der Waals surface area contributed by atoms with Crippen LogP contribution in [-0.4, -0.2) is 24.7 Å². The van der Waals surface area contributed by atoms with E-state index in [2.05, 4.69) is 20.1 Å². The summed E-state index contributed by atoms with van der Waals surface area (Å²) in [5.41, 5.74) is 9.88. The van der Waals surface area contributed by atoms with E-state index in [4.69, 9.17) is 28.9 Å². The van der Waals surface area contributed by atoms with E-state index in [0.29, 0.717) is 22.4 Å². The van der Waals surface area contributed by atoms with Crippen LogP contribution in [0.15, 0.2) is 6.20 Å². The van der Waals surface area contributed by atoms with Crippen LogP contribution in [0.2, 0.25) is 10.2 Å². The Balaban J connectivity index is 2.16. The number of rotatable bonds is 3. The third kappa shape index (κ3) is 2.72. The quantitative estimate of drug-likeness (QED) is 0.732. The zero-order valence-corrected chi connectivity index (χ0v) is 14.6. The van der Waals surface area contributed by atoms with E-state index in [0.717, 1.165) is 34.3 Å². The van der Waals surface area contributed by atoms with Crippen LogP contribution >= 0.6 is 23.2 Å². The van der Waals surface area contributed by atoms with Crippen molar-refractivity contribution < 1.29 is 0 Å². The first-order chi connectivity index (χ1) is 10.9. The summed E-state index contributed by atoms with van der Waals surface area (Å²) in [5, 5.41) is 6.36. The van der Waals surface area contributed by atoms with E-state index >= 15 is 0 Å². The molecular formula is C15H16Cl2N6. The van der Waals surface area contributed by atoms with Gasteiger partial charge in [-0.15, -0.1) is 0 Å². The van der Waals surface area contributed by atoms with Crippen molar-refractivity contribution in [1.29, 1.82) is 0 Å². The van der Waals surface area contributed by atoms with Crippen LogP contribution in [0.3, 0.4) is 0 Å². The number of hydrogen-bond donors (Lipinski definition) is 1. The first-order valence-corrected chi connectivity index (χ1v) is 7.97. The fourth-order valence-electron chi connectivity index (χ4n) is 2.53. The maximum absolute atomic E-state index is 6.31. The van der Waals surface area contributed by atoms with Crippen molar-refractivity contribution in [2.24, 2.45) is 0 Å². The maximum atomic E-state index is 6.31. The SMILES string of the molecule is CCc1nn(Cc2ncc(C)c(Cl)c2C)c2nc(N)nc(Cl)c12. The third-order valence-corrected chi connectivity index (χ3v) is 4.65. The fraction of sp³-hybridized carbons (Fsp3) is 0.333. The van der Waals surface area contributed by atoms with Gasteiger partial charge in [-0.25, -0.2) is 9.67 Å². The number of nitrogens with two attached hydrogens (primary N) is 1. The van der Waals surface area contributed by atoms with Gasteiger partial charge in [0.05, 0.1) is 23.3 Å². The molecule has 0 aromatic carbocycles. The van der Waals surface area contributed by atoms with Gasteiger partial charge in [0.1, 0.15) is 5.15 Å². The van der Waals surface area contributed by atoms with Gasteiger partial charge in [0.15, 0.2) is 5.65 Å². The van der Waals surface area contributed by atoms with Crippen LogP contribution in [0, 0.1) is 13.8 Å². The van der Waals surface area contributed by atoms with E-state index < -0.39 is 0 Å². The zero-order valence-electron chi connectivity index (χ0n) is 13.1. The molecule has 0 aliphatic carbocycles. The van der Waals surface area contributed by atoms with E-state index in [1.165, 1.54) is 0 Å². The first kappa shape index (κ1) is 16.0. The standard InChI is InChI=1S/C15H16Cl2N6/c1-4-9-11-13(17)20-15(18)21-14(11)23(22-9)6-10-8(3)12(16)7(2)5-19-10/h5H,4,6H2,1-3H3,(H2,18,20,21). The highest BCUT2D eigenvalue weighted by atomic mass is 35.5. The number of nitrogens with zero attached hydrogens (tertiary/aromatic N) is 5. The molecule has 0 unspecified atom stereocenters. The number of halogens is 2. The zero-order chi connectivity index (χ0) is 16.7. The monoisotopic (exact) mass is 350 g/mol. The number of nitrogen functional groups attached to an aromatic ring is 1. The smallest absolute Gasteiger partial charge is 0.223 e. The van der Waals surface area contributed by atoms with Crippen LogP contribution in [-0.2, 0) is 13.0 Å². The average molecular weight is 351 g/mol. The topological polar surface area (TPSA) is 82.5 Å². The molecule has 23 heavy (non-hydrogen) atoms. The molecule has 0 aliphatic heterocycles. The van der Waals surface area contributed by atoms with Crippen molar-refractivity contribution in [2.45, 2.75) is 33.7 Å². The molecule has 0 bridgehead atoms. The molecule has 0 radical (unpaired) electrons. The molecule has 3 aromatic heterocycles. The average Bonchev–Trinajstić information content (AvgIpc) is 2.86. The summed E-state index contributed by atoms with van der Waals surface area (Å²) in [6.07, 6.45) is 2.48. The molecule has 0 atom stereocenters. The molecular weight excluding hydrogens is 335 g/mol. The number of fused-ring (bicyclic) bond motifs is 1. The molecule has 0 saturated heterocycles. The van der Waals surface area contributed by atoms with Gasteiger partial charge in [0.25, 0.3) is 0 Å². The summed E-state index contributed by atoms with van der Waals surface area (Å²) in [4.78, 5) is 12.8. The Morgan fingerprint density at radius 1 is 1.17 bits per heavy atom. The Morgan fingerprint density at radius 3 is 2.61 bits per heavy atom. The van der Waals surface area contributed by atoms with Crippen molar-refractivity contribution in [1.82, 2.24) is 24.7 Å². The van der Waals surface area contributed by atoms with Crippen molar-refractivity contribution in [3.63, 3.8) is 0 Å². The van der Waals surface area contributed by atoms with Crippen molar-refractivity contribution in [3.05, 3.63) is 38.9 Å². The third-order valence-electron chi connectivity index (χ3n) is 3.79. The van der Waals surface area contributed by atoms with Gasteiger partial charge in [0.2, 0.25) is 5.95 Å². The highest BCUT2D eigenvalue weighted by Gasteiger charge is 2.17. The Bertz CT molecular complexity index is 903.